The van der Waals surface area contributed by atoms with Crippen molar-refractivity contribution in [1.29, 1.82) is 0 Å². The van der Waals surface area contributed by atoms with Crippen LogP contribution in [-0.2, 0) is 11.2 Å². The highest BCUT2D eigenvalue weighted by Crippen LogP contribution is 2.13. The predicted molar refractivity (Wildman–Crippen MR) is 56.3 cm³/mol. The molecule has 0 unspecified atom stereocenters. The van der Waals surface area contributed by atoms with Crippen molar-refractivity contribution in [2.24, 2.45) is 0 Å². The zero-order chi connectivity index (χ0) is 12.0. The summed E-state index contributed by atoms with van der Waals surface area (Å²) in [6, 6.07) is 3.85. The van der Waals surface area contributed by atoms with E-state index in [0.29, 0.717) is 6.42 Å². The van der Waals surface area contributed by atoms with Gasteiger partial charge in [0.25, 0.3) is 0 Å². The molecule has 1 rings (SSSR count). The third kappa shape index (κ3) is 5.75. The number of rotatable bonds is 5. The molecule has 2 nitrogen and oxygen atoms in total. The number of carbonyl (C=O) groups is 1. The fourth-order valence-corrected chi connectivity index (χ4v) is 1.92. The summed E-state index contributed by atoms with van der Waals surface area (Å²) in [5.41, 5.74) is 0. The first-order valence-corrected chi connectivity index (χ1v) is 5.71. The average Bonchev–Trinajstić information content (AvgIpc) is 2.66. The quantitative estimate of drug-likeness (QED) is 0.856. The molecular weight excluding hydrogens is 239 g/mol. The van der Waals surface area contributed by atoms with E-state index >= 15 is 0 Å². The van der Waals surface area contributed by atoms with Gasteiger partial charge < -0.3 is 5.32 Å². The van der Waals surface area contributed by atoms with Gasteiger partial charge in [0, 0.05) is 11.3 Å². The minimum Gasteiger partial charge on any atom is -0.347 e. The monoisotopic (exact) mass is 251 g/mol. The molecule has 0 saturated heterocycles. The predicted octanol–water partition coefficient (Wildman–Crippen LogP) is 2.75. The number of thiophene rings is 1. The van der Waals surface area contributed by atoms with Gasteiger partial charge in [-0.05, 0) is 24.3 Å². The molecular formula is C10H12F3NOS. The smallest absolute Gasteiger partial charge is 0.347 e. The van der Waals surface area contributed by atoms with Gasteiger partial charge in [0.05, 0.1) is 0 Å². The van der Waals surface area contributed by atoms with E-state index < -0.39 is 18.6 Å². The van der Waals surface area contributed by atoms with Crippen molar-refractivity contribution in [3.05, 3.63) is 22.4 Å². The number of nitrogens with one attached hydrogen (secondary N) is 1. The Balaban J connectivity index is 2.11. The Morgan fingerprint density at radius 1 is 1.44 bits per heavy atom. The van der Waals surface area contributed by atoms with Crippen molar-refractivity contribution < 1.29 is 18.0 Å². The summed E-state index contributed by atoms with van der Waals surface area (Å²) in [6.45, 7) is -1.25. The SMILES string of the molecule is O=C(CCCc1cccs1)NCC(F)(F)F. The number of amides is 1. The highest BCUT2D eigenvalue weighted by molar-refractivity contribution is 7.09. The maximum absolute atomic E-state index is 11.7. The Labute approximate surface area is 95.5 Å². The number of hydrogen-bond acceptors (Lipinski definition) is 2. The molecule has 0 aromatic carbocycles. The Morgan fingerprint density at radius 3 is 2.75 bits per heavy atom. The first kappa shape index (κ1) is 13.0. The molecule has 0 aliphatic carbocycles. The minimum absolute atomic E-state index is 0.133. The van der Waals surface area contributed by atoms with E-state index in [1.807, 2.05) is 22.8 Å². The van der Waals surface area contributed by atoms with Crippen LogP contribution in [0.4, 0.5) is 13.2 Å². The summed E-state index contributed by atoms with van der Waals surface area (Å²) in [4.78, 5) is 12.2. The Kier molecular flexibility index (Phi) is 4.79. The third-order valence-corrected chi connectivity index (χ3v) is 2.83. The van der Waals surface area contributed by atoms with E-state index in [4.69, 9.17) is 0 Å². The molecule has 1 amide bonds. The fourth-order valence-electron chi connectivity index (χ4n) is 1.17. The Morgan fingerprint density at radius 2 is 2.19 bits per heavy atom. The largest absolute Gasteiger partial charge is 0.405 e. The van der Waals surface area contributed by atoms with E-state index in [1.54, 1.807) is 11.3 Å². The third-order valence-electron chi connectivity index (χ3n) is 1.89. The molecule has 0 spiro atoms. The number of alkyl halides is 3. The van der Waals surface area contributed by atoms with Crippen molar-refractivity contribution in [1.82, 2.24) is 5.32 Å². The Bertz CT molecular complexity index is 321. The van der Waals surface area contributed by atoms with Crippen LogP contribution in [0.3, 0.4) is 0 Å². The van der Waals surface area contributed by atoms with E-state index in [1.165, 1.54) is 0 Å². The van der Waals surface area contributed by atoms with E-state index in [2.05, 4.69) is 0 Å². The van der Waals surface area contributed by atoms with Crippen molar-refractivity contribution >= 4 is 17.2 Å². The van der Waals surface area contributed by atoms with Crippen LogP contribution in [0.1, 0.15) is 17.7 Å². The molecule has 0 fully saturated rings. The molecule has 6 heteroatoms. The average molecular weight is 251 g/mol. The molecule has 0 saturated carbocycles. The maximum Gasteiger partial charge on any atom is 0.405 e. The fraction of sp³-hybridized carbons (Fsp3) is 0.500. The van der Waals surface area contributed by atoms with Crippen LogP contribution in [0.25, 0.3) is 0 Å². The van der Waals surface area contributed by atoms with E-state index in [-0.39, 0.29) is 6.42 Å². The van der Waals surface area contributed by atoms with Gasteiger partial charge in [0.15, 0.2) is 0 Å². The van der Waals surface area contributed by atoms with Crippen LogP contribution in [0.5, 0.6) is 0 Å². The molecule has 1 heterocycles. The molecule has 0 bridgehead atoms. The van der Waals surface area contributed by atoms with Gasteiger partial charge in [-0.15, -0.1) is 11.3 Å². The van der Waals surface area contributed by atoms with Crippen molar-refractivity contribution in [2.45, 2.75) is 25.4 Å². The summed E-state index contributed by atoms with van der Waals surface area (Å²) in [5.74, 6) is -0.547. The van der Waals surface area contributed by atoms with Crippen LogP contribution in [0, 0.1) is 0 Å². The second-order valence-corrected chi connectivity index (χ2v) is 4.36. The number of hydrogen-bond donors (Lipinski definition) is 1. The molecule has 0 aliphatic rings. The zero-order valence-electron chi connectivity index (χ0n) is 8.51. The van der Waals surface area contributed by atoms with Crippen molar-refractivity contribution in [3.8, 4) is 0 Å². The molecule has 1 aromatic heterocycles. The van der Waals surface area contributed by atoms with Crippen LogP contribution >= 0.6 is 11.3 Å². The second-order valence-electron chi connectivity index (χ2n) is 3.32. The van der Waals surface area contributed by atoms with Gasteiger partial charge in [-0.1, -0.05) is 6.07 Å². The highest BCUT2D eigenvalue weighted by Gasteiger charge is 2.27. The first-order valence-electron chi connectivity index (χ1n) is 4.83. The van der Waals surface area contributed by atoms with Crippen LogP contribution in [0.2, 0.25) is 0 Å². The molecule has 1 aromatic rings. The maximum atomic E-state index is 11.7. The lowest BCUT2D eigenvalue weighted by atomic mass is 10.2. The molecule has 90 valence electrons. The lowest BCUT2D eigenvalue weighted by molar-refractivity contribution is -0.138. The van der Waals surface area contributed by atoms with Gasteiger partial charge in [0.2, 0.25) is 5.91 Å². The lowest BCUT2D eigenvalue weighted by Crippen LogP contribution is -2.33. The second kappa shape index (κ2) is 5.89. The van der Waals surface area contributed by atoms with Crippen LogP contribution in [-0.4, -0.2) is 18.6 Å². The topological polar surface area (TPSA) is 29.1 Å². The summed E-state index contributed by atoms with van der Waals surface area (Å²) in [7, 11) is 0. The minimum atomic E-state index is -4.33. The normalized spacial score (nSPS) is 11.4. The molecule has 0 atom stereocenters. The Hall–Kier alpha value is -1.04. The molecule has 16 heavy (non-hydrogen) atoms. The summed E-state index contributed by atoms with van der Waals surface area (Å²) >= 11 is 1.58. The number of halogens is 3. The summed E-state index contributed by atoms with van der Waals surface area (Å²) in [5, 5.41) is 3.77. The number of carbonyl (C=O) groups excluding carboxylic acids is 1. The van der Waals surface area contributed by atoms with Crippen LogP contribution < -0.4 is 5.32 Å². The zero-order valence-corrected chi connectivity index (χ0v) is 9.33. The first-order chi connectivity index (χ1) is 7.47. The molecule has 0 aliphatic heterocycles. The highest BCUT2D eigenvalue weighted by atomic mass is 32.1. The van der Waals surface area contributed by atoms with Gasteiger partial charge in [-0.25, -0.2) is 0 Å². The van der Waals surface area contributed by atoms with E-state index in [0.717, 1.165) is 11.3 Å². The van der Waals surface area contributed by atoms with Gasteiger partial charge >= 0.3 is 6.18 Å². The number of aryl methyl sites for hydroxylation is 1. The van der Waals surface area contributed by atoms with Gasteiger partial charge in [0.1, 0.15) is 6.54 Å². The molecule has 1 N–H and O–H groups in total. The molecule has 0 radical (unpaired) electrons. The standard InChI is InChI=1S/C10H12F3NOS/c11-10(12,13)7-14-9(15)5-1-3-8-4-2-6-16-8/h2,4,6H,1,3,5,7H2,(H,14,15). The summed E-state index contributed by atoms with van der Waals surface area (Å²) in [6.07, 6.45) is -2.89. The van der Waals surface area contributed by atoms with Crippen molar-refractivity contribution in [3.63, 3.8) is 0 Å². The lowest BCUT2D eigenvalue weighted by Gasteiger charge is -2.07. The summed E-state index contributed by atoms with van der Waals surface area (Å²) < 4.78 is 35.2. The van der Waals surface area contributed by atoms with Gasteiger partial charge in [-0.3, -0.25) is 4.79 Å². The van der Waals surface area contributed by atoms with Gasteiger partial charge in [-0.2, -0.15) is 13.2 Å². The van der Waals surface area contributed by atoms with Crippen molar-refractivity contribution in [2.75, 3.05) is 6.54 Å². The van der Waals surface area contributed by atoms with E-state index in [9.17, 15) is 18.0 Å². The van der Waals surface area contributed by atoms with Crippen LogP contribution in [0.15, 0.2) is 17.5 Å².